The van der Waals surface area contributed by atoms with Gasteiger partial charge in [0.05, 0.1) is 4.99 Å². The first-order chi connectivity index (χ1) is 4.31. The highest BCUT2D eigenvalue weighted by Gasteiger charge is 1.87. The van der Waals surface area contributed by atoms with Gasteiger partial charge in [0.25, 0.3) is 0 Å². The van der Waals surface area contributed by atoms with E-state index < -0.39 is 0 Å². The van der Waals surface area contributed by atoms with Crippen molar-refractivity contribution < 1.29 is 0 Å². The van der Waals surface area contributed by atoms with Gasteiger partial charge in [-0.3, -0.25) is 0 Å². The number of thiocarbonyl (C=S) groups is 1. The second kappa shape index (κ2) is 6.36. The zero-order valence-corrected chi connectivity index (χ0v) is 7.57. The molecule has 0 fully saturated rings. The van der Waals surface area contributed by atoms with Crippen LogP contribution in [-0.4, -0.2) is 23.5 Å². The third-order valence-electron chi connectivity index (χ3n) is 0.949. The first kappa shape index (κ1) is 9.24. The summed E-state index contributed by atoms with van der Waals surface area (Å²) in [5.74, 6) is 1.14. The molecule has 0 rings (SSSR count). The lowest BCUT2D eigenvalue weighted by atomic mass is 10.5. The Morgan fingerprint density at radius 1 is 1.67 bits per heavy atom. The van der Waals surface area contributed by atoms with Crippen LogP contribution in [0.5, 0.6) is 0 Å². The molecule has 0 amide bonds. The van der Waals surface area contributed by atoms with Crippen LogP contribution in [0, 0.1) is 0 Å². The lowest BCUT2D eigenvalue weighted by Crippen LogP contribution is -2.22. The molecule has 0 unspecified atom stereocenters. The molecule has 0 radical (unpaired) electrons. The average molecular weight is 163 g/mol. The number of nitrogens with one attached hydrogen (secondary N) is 1. The summed E-state index contributed by atoms with van der Waals surface area (Å²) in [6.07, 6.45) is 3.06. The second-order valence-corrected chi connectivity index (χ2v) is 3.17. The van der Waals surface area contributed by atoms with Crippen molar-refractivity contribution in [2.24, 2.45) is 0 Å². The fourth-order valence-electron chi connectivity index (χ4n) is 0.418. The van der Waals surface area contributed by atoms with E-state index in [9.17, 15) is 0 Å². The van der Waals surface area contributed by atoms with Crippen molar-refractivity contribution in [1.82, 2.24) is 5.32 Å². The fourth-order valence-corrected chi connectivity index (χ4v) is 0.826. The topological polar surface area (TPSA) is 12.0 Å². The van der Waals surface area contributed by atoms with Gasteiger partial charge in [-0.05, 0) is 12.7 Å². The van der Waals surface area contributed by atoms with Gasteiger partial charge in [0.1, 0.15) is 0 Å². The fraction of sp³-hybridized carbons (Fsp3) is 0.833. The Morgan fingerprint density at radius 2 is 2.33 bits per heavy atom. The normalized spacial score (nSPS) is 9.11. The minimum absolute atomic E-state index is 0.962. The molecular weight excluding hydrogens is 150 g/mol. The molecule has 0 aliphatic rings. The lowest BCUT2D eigenvalue weighted by Gasteiger charge is -2.02. The van der Waals surface area contributed by atoms with E-state index in [0.29, 0.717) is 0 Å². The summed E-state index contributed by atoms with van der Waals surface area (Å²) in [5.41, 5.74) is 0. The zero-order chi connectivity index (χ0) is 7.11. The van der Waals surface area contributed by atoms with E-state index in [-0.39, 0.29) is 0 Å². The Balaban J connectivity index is 2.97. The molecule has 0 aromatic rings. The SMILES string of the molecule is CCC(=S)NCCSC. The van der Waals surface area contributed by atoms with Crippen molar-refractivity contribution in [3.8, 4) is 0 Å². The number of hydrogen-bond acceptors (Lipinski definition) is 2. The lowest BCUT2D eigenvalue weighted by molar-refractivity contribution is 0.967. The number of rotatable bonds is 4. The third-order valence-corrected chi connectivity index (χ3v) is 1.99. The van der Waals surface area contributed by atoms with Gasteiger partial charge in [-0.2, -0.15) is 11.8 Å². The first-order valence-corrected chi connectivity index (χ1v) is 4.87. The minimum Gasteiger partial charge on any atom is -0.379 e. The molecule has 0 aromatic heterocycles. The molecule has 0 aliphatic heterocycles. The van der Waals surface area contributed by atoms with Crippen LogP contribution in [0.15, 0.2) is 0 Å². The molecule has 0 heterocycles. The molecule has 0 aliphatic carbocycles. The van der Waals surface area contributed by atoms with Gasteiger partial charge in [0.15, 0.2) is 0 Å². The molecule has 9 heavy (non-hydrogen) atoms. The summed E-state index contributed by atoms with van der Waals surface area (Å²) in [6.45, 7) is 3.07. The highest BCUT2D eigenvalue weighted by molar-refractivity contribution is 7.98. The van der Waals surface area contributed by atoms with E-state index in [1.165, 1.54) is 0 Å². The predicted molar refractivity (Wildman–Crippen MR) is 49.3 cm³/mol. The van der Waals surface area contributed by atoms with Crippen LogP contribution in [0.4, 0.5) is 0 Å². The monoisotopic (exact) mass is 163 g/mol. The Bertz CT molecular complexity index is 83.1. The van der Waals surface area contributed by atoms with Gasteiger partial charge in [0.2, 0.25) is 0 Å². The van der Waals surface area contributed by atoms with Crippen LogP contribution in [0.3, 0.4) is 0 Å². The summed E-state index contributed by atoms with van der Waals surface area (Å²) < 4.78 is 0. The molecule has 0 spiro atoms. The van der Waals surface area contributed by atoms with Crippen molar-refractivity contribution in [2.75, 3.05) is 18.6 Å². The van der Waals surface area contributed by atoms with Gasteiger partial charge in [-0.25, -0.2) is 0 Å². The van der Waals surface area contributed by atoms with Crippen LogP contribution in [0.1, 0.15) is 13.3 Å². The maximum atomic E-state index is 4.95. The molecule has 54 valence electrons. The summed E-state index contributed by atoms with van der Waals surface area (Å²) in [7, 11) is 0. The zero-order valence-electron chi connectivity index (χ0n) is 5.94. The Kier molecular flexibility index (Phi) is 6.53. The largest absolute Gasteiger partial charge is 0.379 e. The van der Waals surface area contributed by atoms with E-state index in [0.717, 1.165) is 23.7 Å². The van der Waals surface area contributed by atoms with Crippen molar-refractivity contribution in [3.63, 3.8) is 0 Å². The van der Waals surface area contributed by atoms with E-state index in [2.05, 4.69) is 18.5 Å². The molecule has 0 saturated heterocycles. The summed E-state index contributed by atoms with van der Waals surface area (Å²) in [4.78, 5) is 0.976. The van der Waals surface area contributed by atoms with Gasteiger partial charge in [0, 0.05) is 12.3 Å². The van der Waals surface area contributed by atoms with E-state index in [1.807, 2.05) is 11.8 Å². The van der Waals surface area contributed by atoms with Crippen molar-refractivity contribution in [1.29, 1.82) is 0 Å². The number of thioether (sulfide) groups is 1. The Hall–Kier alpha value is 0.240. The smallest absolute Gasteiger partial charge is 0.0750 e. The van der Waals surface area contributed by atoms with Crippen LogP contribution in [-0.2, 0) is 0 Å². The Morgan fingerprint density at radius 3 is 2.78 bits per heavy atom. The minimum atomic E-state index is 0.962. The number of hydrogen-bond donors (Lipinski definition) is 1. The third kappa shape index (κ3) is 6.12. The average Bonchev–Trinajstić information content (AvgIpc) is 1.89. The molecule has 0 saturated carbocycles. The van der Waals surface area contributed by atoms with Gasteiger partial charge in [-0.1, -0.05) is 19.1 Å². The molecule has 3 heteroatoms. The van der Waals surface area contributed by atoms with E-state index in [4.69, 9.17) is 12.2 Å². The second-order valence-electron chi connectivity index (χ2n) is 1.70. The molecule has 0 atom stereocenters. The highest BCUT2D eigenvalue weighted by Crippen LogP contribution is 1.88. The van der Waals surface area contributed by atoms with Crippen molar-refractivity contribution >= 4 is 29.0 Å². The van der Waals surface area contributed by atoms with Gasteiger partial charge in [-0.15, -0.1) is 0 Å². The Labute approximate surface area is 66.6 Å². The van der Waals surface area contributed by atoms with Crippen LogP contribution in [0.2, 0.25) is 0 Å². The first-order valence-electron chi connectivity index (χ1n) is 3.07. The van der Waals surface area contributed by atoms with Crippen LogP contribution < -0.4 is 5.32 Å². The standard InChI is InChI=1S/C6H13NS2/c1-3-6(8)7-4-5-9-2/h3-5H2,1-2H3,(H,7,8). The van der Waals surface area contributed by atoms with Crippen molar-refractivity contribution in [3.05, 3.63) is 0 Å². The maximum Gasteiger partial charge on any atom is 0.0750 e. The molecular formula is C6H13NS2. The molecule has 1 N–H and O–H groups in total. The van der Waals surface area contributed by atoms with Gasteiger partial charge >= 0.3 is 0 Å². The van der Waals surface area contributed by atoms with Crippen LogP contribution >= 0.6 is 24.0 Å². The summed E-state index contributed by atoms with van der Waals surface area (Å²) in [6, 6.07) is 0. The van der Waals surface area contributed by atoms with Crippen LogP contribution in [0.25, 0.3) is 0 Å². The highest BCUT2D eigenvalue weighted by atomic mass is 32.2. The molecule has 0 aromatic carbocycles. The maximum absolute atomic E-state index is 4.95. The molecule has 0 bridgehead atoms. The van der Waals surface area contributed by atoms with E-state index in [1.54, 1.807) is 0 Å². The van der Waals surface area contributed by atoms with Gasteiger partial charge < -0.3 is 5.32 Å². The summed E-state index contributed by atoms with van der Waals surface area (Å²) in [5, 5.41) is 3.14. The van der Waals surface area contributed by atoms with E-state index >= 15 is 0 Å². The quantitative estimate of drug-likeness (QED) is 0.500. The molecule has 1 nitrogen and oxygen atoms in total. The van der Waals surface area contributed by atoms with Crippen molar-refractivity contribution in [2.45, 2.75) is 13.3 Å². The summed E-state index contributed by atoms with van der Waals surface area (Å²) >= 11 is 6.78. The predicted octanol–water partition coefficient (Wildman–Crippen LogP) is 1.68.